The third-order valence-electron chi connectivity index (χ3n) is 5.83. The Hall–Kier alpha value is -4.21. The third kappa shape index (κ3) is 8.72. The summed E-state index contributed by atoms with van der Waals surface area (Å²) in [4.78, 5) is 51.4. The molecule has 0 atom stereocenters. The van der Waals surface area contributed by atoms with Crippen molar-refractivity contribution in [3.63, 3.8) is 0 Å². The van der Waals surface area contributed by atoms with Gasteiger partial charge in [-0.05, 0) is 49.1 Å². The molecule has 10 nitrogen and oxygen atoms in total. The lowest BCUT2D eigenvalue weighted by atomic mass is 10.1. The van der Waals surface area contributed by atoms with E-state index in [4.69, 9.17) is 13.9 Å². The number of nitrogens with zero attached hydrogens (tertiary/aromatic N) is 1. The zero-order valence-electron chi connectivity index (χ0n) is 21.3. The maximum absolute atomic E-state index is 13.1. The number of ether oxygens (including phenoxy) is 2. The number of fused-ring (bicyclic) bond motifs is 1. The van der Waals surface area contributed by atoms with Crippen LogP contribution in [0.1, 0.15) is 64.7 Å². The summed E-state index contributed by atoms with van der Waals surface area (Å²) in [5, 5.41) is 9.60. The van der Waals surface area contributed by atoms with Crippen molar-refractivity contribution in [3.8, 4) is 22.6 Å². The molecule has 0 unspecified atom stereocenters. The zero-order valence-corrected chi connectivity index (χ0v) is 21.3. The predicted molar refractivity (Wildman–Crippen MR) is 139 cm³/mol. The van der Waals surface area contributed by atoms with Gasteiger partial charge in [0, 0.05) is 18.9 Å². The first kappa shape index (κ1) is 28.4. The number of carbonyl (C=O) groups is 2. The van der Waals surface area contributed by atoms with Gasteiger partial charge in [-0.15, -0.1) is 10.1 Å². The van der Waals surface area contributed by atoms with Gasteiger partial charge in [0.25, 0.3) is 5.09 Å². The second-order valence-electron chi connectivity index (χ2n) is 8.79. The second kappa shape index (κ2) is 14.5. The fourth-order valence-electron chi connectivity index (χ4n) is 3.82. The summed E-state index contributed by atoms with van der Waals surface area (Å²) in [7, 11) is 0. The molecule has 3 rings (SSSR count). The topological polar surface area (TPSA) is 135 Å². The highest BCUT2D eigenvalue weighted by Crippen LogP contribution is 2.25. The van der Waals surface area contributed by atoms with Crippen LogP contribution in [0.2, 0.25) is 0 Å². The molecule has 10 heteroatoms. The van der Waals surface area contributed by atoms with E-state index < -0.39 is 11.1 Å². The molecule has 0 aliphatic rings. The van der Waals surface area contributed by atoms with Crippen LogP contribution in [-0.2, 0) is 14.4 Å². The Bertz CT molecular complexity index is 1300. The van der Waals surface area contributed by atoms with E-state index in [-0.39, 0.29) is 24.4 Å². The molecule has 0 amide bonds. The lowest BCUT2D eigenvalue weighted by Gasteiger charge is -2.08. The summed E-state index contributed by atoms with van der Waals surface area (Å²) in [6, 6.07) is 11.2. The largest absolute Gasteiger partial charge is 0.463 e. The summed E-state index contributed by atoms with van der Waals surface area (Å²) >= 11 is 0. The quantitative estimate of drug-likeness (QED) is 0.0768. The van der Waals surface area contributed by atoms with Crippen molar-refractivity contribution in [1.82, 2.24) is 0 Å². The van der Waals surface area contributed by atoms with Crippen molar-refractivity contribution in [2.75, 3.05) is 6.61 Å². The first-order valence-corrected chi connectivity index (χ1v) is 12.7. The fraction of sp³-hybridized carbons (Fsp3) is 0.393. The lowest BCUT2D eigenvalue weighted by molar-refractivity contribution is -0.757. The number of benzene rings is 2. The van der Waals surface area contributed by atoms with Crippen LogP contribution in [0.4, 0.5) is 0 Å². The molecule has 0 saturated carbocycles. The fourth-order valence-corrected chi connectivity index (χ4v) is 3.82. The van der Waals surface area contributed by atoms with Crippen molar-refractivity contribution >= 4 is 22.9 Å². The van der Waals surface area contributed by atoms with E-state index in [1.54, 1.807) is 36.4 Å². The molecule has 2 aromatic carbocycles. The van der Waals surface area contributed by atoms with Gasteiger partial charge in [-0.2, -0.15) is 0 Å². The van der Waals surface area contributed by atoms with Crippen LogP contribution in [0.3, 0.4) is 0 Å². The lowest BCUT2D eigenvalue weighted by Crippen LogP contribution is -2.09. The smallest absolute Gasteiger partial charge is 0.311 e. The van der Waals surface area contributed by atoms with Gasteiger partial charge in [-0.3, -0.25) is 14.4 Å². The molecule has 1 aromatic heterocycles. The van der Waals surface area contributed by atoms with Gasteiger partial charge in [0.2, 0.25) is 0 Å². The van der Waals surface area contributed by atoms with Gasteiger partial charge in [0.1, 0.15) is 23.3 Å². The number of unbranched alkanes of at least 4 members (excludes halogenated alkanes) is 5. The number of esters is 2. The molecule has 0 fully saturated rings. The maximum Gasteiger partial charge on any atom is 0.311 e. The van der Waals surface area contributed by atoms with Crippen LogP contribution in [0.25, 0.3) is 22.1 Å². The molecule has 0 aliphatic carbocycles. The molecular weight excluding hydrogens is 494 g/mol. The Morgan fingerprint density at radius 2 is 1.50 bits per heavy atom. The Morgan fingerprint density at radius 1 is 0.868 bits per heavy atom. The molecule has 202 valence electrons. The highest BCUT2D eigenvalue weighted by atomic mass is 16.9. The Labute approximate surface area is 219 Å². The van der Waals surface area contributed by atoms with Crippen LogP contribution in [-0.4, -0.2) is 23.6 Å². The molecule has 3 aromatic rings. The first-order valence-electron chi connectivity index (χ1n) is 12.7. The molecule has 0 radical (unpaired) electrons. The molecule has 0 bridgehead atoms. The van der Waals surface area contributed by atoms with Gasteiger partial charge < -0.3 is 18.7 Å². The molecule has 0 saturated heterocycles. The summed E-state index contributed by atoms with van der Waals surface area (Å²) in [6.45, 7) is 2.11. The predicted octanol–water partition coefficient (Wildman–Crippen LogP) is 6.01. The number of hydrogen-bond acceptors (Lipinski definition) is 9. The van der Waals surface area contributed by atoms with Crippen molar-refractivity contribution in [3.05, 3.63) is 69.1 Å². The van der Waals surface area contributed by atoms with Crippen LogP contribution < -0.4 is 14.9 Å². The summed E-state index contributed by atoms with van der Waals surface area (Å²) in [6.07, 6.45) is 7.39. The van der Waals surface area contributed by atoms with E-state index in [2.05, 4.69) is 11.8 Å². The minimum Gasteiger partial charge on any atom is -0.463 e. The van der Waals surface area contributed by atoms with Crippen molar-refractivity contribution < 1.29 is 33.4 Å². The van der Waals surface area contributed by atoms with Crippen molar-refractivity contribution in [2.45, 2.75) is 64.7 Å². The Balaban J connectivity index is 1.56. The maximum atomic E-state index is 13.1. The van der Waals surface area contributed by atoms with Gasteiger partial charge >= 0.3 is 11.9 Å². The second-order valence-corrected chi connectivity index (χ2v) is 8.79. The number of hydrogen-bond donors (Lipinski definition) is 0. The van der Waals surface area contributed by atoms with Gasteiger partial charge in [0.15, 0.2) is 5.43 Å². The molecule has 1 heterocycles. The average molecular weight is 526 g/mol. The van der Waals surface area contributed by atoms with Crippen molar-refractivity contribution in [1.29, 1.82) is 0 Å². The van der Waals surface area contributed by atoms with E-state index in [9.17, 15) is 24.5 Å². The van der Waals surface area contributed by atoms with E-state index in [1.807, 2.05) is 0 Å². The average Bonchev–Trinajstić information content (AvgIpc) is 2.89. The minimum atomic E-state index is -0.842. The molecule has 0 spiro atoms. The van der Waals surface area contributed by atoms with E-state index in [0.29, 0.717) is 59.3 Å². The summed E-state index contributed by atoms with van der Waals surface area (Å²) in [5.74, 6) is -0.0788. The monoisotopic (exact) mass is 525 g/mol. The highest BCUT2D eigenvalue weighted by Gasteiger charge is 2.13. The van der Waals surface area contributed by atoms with E-state index in [1.165, 1.54) is 12.3 Å². The normalized spacial score (nSPS) is 10.8. The highest BCUT2D eigenvalue weighted by molar-refractivity contribution is 5.83. The van der Waals surface area contributed by atoms with Gasteiger partial charge in [-0.25, -0.2) is 0 Å². The first-order chi connectivity index (χ1) is 18.4. The third-order valence-corrected chi connectivity index (χ3v) is 5.83. The Kier molecular flexibility index (Phi) is 10.8. The SMILES string of the molecule is CCCCCCC(=O)Oc1ccc2c(=O)c(-c3ccc(OC(=O)CCCCCO[N+](=O)[O-])cc3)coc2c1. The Morgan fingerprint density at radius 3 is 2.16 bits per heavy atom. The molecule has 0 N–H and O–H groups in total. The van der Waals surface area contributed by atoms with Gasteiger partial charge in [-0.1, -0.05) is 44.7 Å². The zero-order chi connectivity index (χ0) is 27.3. The molecule has 38 heavy (non-hydrogen) atoms. The van der Waals surface area contributed by atoms with Crippen LogP contribution >= 0.6 is 0 Å². The summed E-state index contributed by atoms with van der Waals surface area (Å²) < 4.78 is 16.4. The molecular formula is C28H31NO9. The van der Waals surface area contributed by atoms with Crippen LogP contribution in [0.15, 0.2) is 57.9 Å². The van der Waals surface area contributed by atoms with Crippen LogP contribution in [0.5, 0.6) is 11.5 Å². The van der Waals surface area contributed by atoms with Gasteiger partial charge in [0.05, 0.1) is 17.6 Å². The van der Waals surface area contributed by atoms with E-state index in [0.717, 1.165) is 25.7 Å². The van der Waals surface area contributed by atoms with Crippen LogP contribution in [0, 0.1) is 10.1 Å². The minimum absolute atomic E-state index is 0.0000781. The number of rotatable bonds is 15. The number of carbonyl (C=O) groups excluding carboxylic acids is 2. The standard InChI is InChI=1S/C28H31NO9/c1-2-3-4-6-9-27(31)38-22-15-16-23-25(18-22)35-19-24(28(23)32)20-11-13-21(14-12-20)37-26(30)10-7-5-8-17-36-29(33)34/h11-16,18-19H,2-10,17H2,1H3. The van der Waals surface area contributed by atoms with Crippen molar-refractivity contribution in [2.24, 2.45) is 0 Å². The molecule has 0 aliphatic heterocycles. The summed E-state index contributed by atoms with van der Waals surface area (Å²) in [5.41, 5.74) is 1.00. The van der Waals surface area contributed by atoms with E-state index >= 15 is 0 Å².